The second-order valence-corrected chi connectivity index (χ2v) is 7.15. The van der Waals surface area contributed by atoms with Gasteiger partial charge in [0, 0.05) is 24.0 Å². The molecule has 2 heterocycles. The Labute approximate surface area is 189 Å². The Hall–Kier alpha value is -3.86. The highest BCUT2D eigenvalue weighted by molar-refractivity contribution is 6.32. The third-order valence-electron chi connectivity index (χ3n) is 4.55. The van der Waals surface area contributed by atoms with E-state index in [2.05, 4.69) is 15.5 Å². The summed E-state index contributed by atoms with van der Waals surface area (Å²) in [4.78, 5) is 12.6. The van der Waals surface area contributed by atoms with Gasteiger partial charge in [-0.05, 0) is 18.2 Å². The lowest BCUT2D eigenvalue weighted by Gasteiger charge is -2.10. The van der Waals surface area contributed by atoms with E-state index in [1.54, 1.807) is 24.3 Å². The molecule has 0 spiro atoms. The van der Waals surface area contributed by atoms with Crippen molar-refractivity contribution < 1.29 is 27.1 Å². The van der Waals surface area contributed by atoms with E-state index >= 15 is 0 Å². The normalized spacial score (nSPS) is 10.9. The number of hydrogen-bond acceptors (Lipinski definition) is 4. The SMILES string of the molecule is O=C(Nc1cnn(Cc2c(F)cc(F)c(F)c2F)c1)c1ccnn1COc1ccccc1Cl. The number of rotatable bonds is 7. The van der Waals surface area contributed by atoms with Crippen LogP contribution in [-0.4, -0.2) is 25.5 Å². The number of nitrogens with one attached hydrogen (secondary N) is 1. The van der Waals surface area contributed by atoms with Crippen molar-refractivity contribution in [1.29, 1.82) is 0 Å². The van der Waals surface area contributed by atoms with Crippen molar-refractivity contribution in [2.24, 2.45) is 0 Å². The van der Waals surface area contributed by atoms with E-state index in [0.717, 1.165) is 4.68 Å². The van der Waals surface area contributed by atoms with Crippen LogP contribution >= 0.6 is 11.6 Å². The third-order valence-corrected chi connectivity index (χ3v) is 4.86. The van der Waals surface area contributed by atoms with E-state index in [1.165, 1.54) is 29.3 Å². The van der Waals surface area contributed by atoms with Gasteiger partial charge in [-0.3, -0.25) is 9.48 Å². The van der Waals surface area contributed by atoms with Crippen LogP contribution in [0.1, 0.15) is 16.1 Å². The molecule has 7 nitrogen and oxygen atoms in total. The van der Waals surface area contributed by atoms with Gasteiger partial charge in [0.2, 0.25) is 0 Å². The second kappa shape index (κ2) is 9.33. The van der Waals surface area contributed by atoms with E-state index in [4.69, 9.17) is 16.3 Å². The maximum atomic E-state index is 13.9. The number of nitrogens with zero attached hydrogens (tertiary/aromatic N) is 4. The Balaban J connectivity index is 1.43. The molecule has 1 amide bonds. The number of carbonyl (C=O) groups is 1. The van der Waals surface area contributed by atoms with Crippen LogP contribution in [0.2, 0.25) is 5.02 Å². The zero-order valence-corrected chi connectivity index (χ0v) is 17.4. The molecule has 4 aromatic rings. The Kier molecular flexibility index (Phi) is 6.31. The van der Waals surface area contributed by atoms with Crippen LogP contribution in [0.15, 0.2) is 55.0 Å². The lowest BCUT2D eigenvalue weighted by atomic mass is 10.2. The minimum atomic E-state index is -1.78. The quantitative estimate of drug-likeness (QED) is 0.238. The zero-order chi connectivity index (χ0) is 23.5. The number of ether oxygens (including phenoxy) is 1. The number of aromatic nitrogens is 4. The van der Waals surface area contributed by atoms with Crippen molar-refractivity contribution in [3.8, 4) is 5.75 Å². The van der Waals surface area contributed by atoms with Gasteiger partial charge in [0.25, 0.3) is 5.91 Å². The Morgan fingerprint density at radius 3 is 2.64 bits per heavy atom. The first-order valence-corrected chi connectivity index (χ1v) is 9.76. The average Bonchev–Trinajstić information content (AvgIpc) is 3.44. The molecule has 2 aromatic heterocycles. The lowest BCUT2D eigenvalue weighted by Crippen LogP contribution is -2.19. The summed E-state index contributed by atoms with van der Waals surface area (Å²) in [5, 5.41) is 10.9. The number of anilines is 1. The standard InChI is InChI=1S/C21H14ClF4N5O2/c22-14-3-1-2-4-18(14)33-11-31-17(5-6-27-31)21(32)29-12-8-28-30(9-12)10-13-15(23)7-16(24)20(26)19(13)25/h1-9H,10-11H2,(H,29,32). The van der Waals surface area contributed by atoms with Crippen LogP contribution in [0.5, 0.6) is 5.75 Å². The second-order valence-electron chi connectivity index (χ2n) is 6.75. The molecule has 2 aromatic carbocycles. The summed E-state index contributed by atoms with van der Waals surface area (Å²) in [6.07, 6.45) is 3.91. The molecule has 0 aliphatic heterocycles. The molecule has 0 saturated carbocycles. The molecule has 0 aliphatic rings. The molecule has 0 saturated heterocycles. The number of halogens is 5. The molecule has 170 valence electrons. The van der Waals surface area contributed by atoms with Gasteiger partial charge < -0.3 is 10.1 Å². The summed E-state index contributed by atoms with van der Waals surface area (Å²) in [5.41, 5.74) is -0.347. The van der Waals surface area contributed by atoms with Crippen molar-refractivity contribution in [1.82, 2.24) is 19.6 Å². The van der Waals surface area contributed by atoms with Crippen LogP contribution in [0.25, 0.3) is 0 Å². The first-order valence-electron chi connectivity index (χ1n) is 9.38. The van der Waals surface area contributed by atoms with Crippen LogP contribution < -0.4 is 10.1 Å². The molecule has 0 radical (unpaired) electrons. The molecule has 4 rings (SSSR count). The van der Waals surface area contributed by atoms with Gasteiger partial charge in [-0.25, -0.2) is 22.2 Å². The molecule has 0 atom stereocenters. The number of amides is 1. The molecular weight excluding hydrogens is 466 g/mol. The lowest BCUT2D eigenvalue weighted by molar-refractivity contribution is 0.100. The van der Waals surface area contributed by atoms with Gasteiger partial charge >= 0.3 is 0 Å². The fourth-order valence-corrected chi connectivity index (χ4v) is 3.13. The van der Waals surface area contributed by atoms with Gasteiger partial charge in [0.15, 0.2) is 24.2 Å². The Bertz CT molecular complexity index is 1320. The number of carbonyl (C=O) groups excluding carboxylic acids is 1. The molecule has 0 bridgehead atoms. The summed E-state index contributed by atoms with van der Waals surface area (Å²) in [7, 11) is 0. The maximum absolute atomic E-state index is 13.9. The predicted molar refractivity (Wildman–Crippen MR) is 110 cm³/mol. The first kappa shape index (κ1) is 22.3. The van der Waals surface area contributed by atoms with Gasteiger partial charge in [-0.1, -0.05) is 23.7 Å². The molecule has 12 heteroatoms. The third kappa shape index (κ3) is 4.82. The fraction of sp³-hybridized carbons (Fsp3) is 0.0952. The maximum Gasteiger partial charge on any atom is 0.274 e. The monoisotopic (exact) mass is 479 g/mol. The Morgan fingerprint density at radius 2 is 1.85 bits per heavy atom. The molecule has 0 unspecified atom stereocenters. The highest BCUT2D eigenvalue weighted by Crippen LogP contribution is 2.24. The predicted octanol–water partition coefficient (Wildman–Crippen LogP) is 4.63. The van der Waals surface area contributed by atoms with Gasteiger partial charge in [0.05, 0.1) is 23.5 Å². The summed E-state index contributed by atoms with van der Waals surface area (Å²) in [6, 6.07) is 8.53. The molecule has 33 heavy (non-hydrogen) atoms. The van der Waals surface area contributed by atoms with E-state index < -0.39 is 41.3 Å². The number of benzene rings is 2. The van der Waals surface area contributed by atoms with E-state index in [0.29, 0.717) is 10.8 Å². The van der Waals surface area contributed by atoms with E-state index in [-0.39, 0.29) is 24.2 Å². The summed E-state index contributed by atoms with van der Waals surface area (Å²) in [6.45, 7) is -0.609. The van der Waals surface area contributed by atoms with Crippen LogP contribution in [-0.2, 0) is 13.3 Å². The summed E-state index contributed by atoms with van der Waals surface area (Å²) >= 11 is 6.04. The van der Waals surface area contributed by atoms with Gasteiger partial charge in [0.1, 0.15) is 17.3 Å². The summed E-state index contributed by atoms with van der Waals surface area (Å²) in [5.74, 6) is -6.44. The van der Waals surface area contributed by atoms with Crippen molar-refractivity contribution in [2.75, 3.05) is 5.32 Å². The number of para-hydroxylation sites is 1. The topological polar surface area (TPSA) is 74.0 Å². The zero-order valence-electron chi connectivity index (χ0n) is 16.6. The minimum Gasteiger partial charge on any atom is -0.470 e. The van der Waals surface area contributed by atoms with Crippen LogP contribution in [0, 0.1) is 23.3 Å². The largest absolute Gasteiger partial charge is 0.470 e. The first-order chi connectivity index (χ1) is 15.8. The van der Waals surface area contributed by atoms with E-state index in [1.807, 2.05) is 0 Å². The fourth-order valence-electron chi connectivity index (χ4n) is 2.94. The van der Waals surface area contributed by atoms with E-state index in [9.17, 15) is 22.4 Å². The molecule has 0 aliphatic carbocycles. The highest BCUT2D eigenvalue weighted by Gasteiger charge is 2.20. The summed E-state index contributed by atoms with van der Waals surface area (Å²) < 4.78 is 62.2. The van der Waals surface area contributed by atoms with Crippen LogP contribution in [0.3, 0.4) is 0 Å². The molecular formula is C21H14ClF4N5O2. The Morgan fingerprint density at radius 1 is 1.06 bits per heavy atom. The number of hydrogen-bond donors (Lipinski definition) is 1. The highest BCUT2D eigenvalue weighted by atomic mass is 35.5. The van der Waals surface area contributed by atoms with Crippen molar-refractivity contribution in [2.45, 2.75) is 13.3 Å². The van der Waals surface area contributed by atoms with Gasteiger partial charge in [-0.2, -0.15) is 10.2 Å². The smallest absolute Gasteiger partial charge is 0.274 e. The van der Waals surface area contributed by atoms with Crippen molar-refractivity contribution >= 4 is 23.2 Å². The average molecular weight is 480 g/mol. The van der Waals surface area contributed by atoms with Crippen molar-refractivity contribution in [3.05, 3.63) is 94.5 Å². The van der Waals surface area contributed by atoms with Crippen LogP contribution in [0.4, 0.5) is 23.2 Å². The molecule has 0 fully saturated rings. The van der Waals surface area contributed by atoms with Crippen molar-refractivity contribution in [3.63, 3.8) is 0 Å². The molecule has 1 N–H and O–H groups in total. The van der Waals surface area contributed by atoms with Gasteiger partial charge in [-0.15, -0.1) is 0 Å². The minimum absolute atomic E-state index is 0.0898.